The topological polar surface area (TPSA) is 56.4 Å². The Morgan fingerprint density at radius 1 is 1.13 bits per heavy atom. The number of aryl methyl sites for hydroxylation is 1. The van der Waals surface area contributed by atoms with Gasteiger partial charge in [-0.05, 0) is 48.9 Å². The first-order valence-corrected chi connectivity index (χ1v) is 9.96. The molecule has 1 aliphatic rings. The lowest BCUT2D eigenvalue weighted by atomic mass is 10.1. The van der Waals surface area contributed by atoms with E-state index in [1.54, 1.807) is 24.4 Å². The number of fused-ring (bicyclic) bond motifs is 3. The molecule has 2 aromatic heterocycles. The van der Waals surface area contributed by atoms with Crippen LogP contribution in [0.25, 0.3) is 27.8 Å². The second kappa shape index (κ2) is 7.46. The van der Waals surface area contributed by atoms with Crippen molar-refractivity contribution in [3.8, 4) is 22.6 Å². The van der Waals surface area contributed by atoms with Crippen LogP contribution < -0.4 is 15.6 Å². The van der Waals surface area contributed by atoms with E-state index in [1.807, 2.05) is 18.2 Å². The van der Waals surface area contributed by atoms with Gasteiger partial charge < -0.3 is 14.5 Å². The molecule has 30 heavy (non-hydrogen) atoms. The molecule has 6 heteroatoms. The number of nitrogens with zero attached hydrogens (tertiary/aromatic N) is 1. The Morgan fingerprint density at radius 2 is 2.03 bits per heavy atom. The molecule has 0 unspecified atom stereocenters. The van der Waals surface area contributed by atoms with Gasteiger partial charge in [0.25, 0.3) is 5.56 Å². The maximum atomic E-state index is 14.4. The molecule has 0 fully saturated rings. The average molecular weight is 404 g/mol. The minimum Gasteiger partial charge on any atom is -0.497 e. The SMILES string of the molecule is COc1ccc(-c2ccn(-c3ccc4c5c(oc4c3)CCCNC5)c(=O)c2)c(F)c1. The number of halogens is 1. The van der Waals surface area contributed by atoms with Crippen LogP contribution in [0.1, 0.15) is 17.7 Å². The van der Waals surface area contributed by atoms with E-state index in [4.69, 9.17) is 9.15 Å². The maximum absolute atomic E-state index is 14.4. The summed E-state index contributed by atoms with van der Waals surface area (Å²) in [5.74, 6) is 1.02. The molecule has 1 N–H and O–H groups in total. The van der Waals surface area contributed by atoms with Crippen LogP contribution in [-0.2, 0) is 13.0 Å². The number of rotatable bonds is 3. The summed E-state index contributed by atoms with van der Waals surface area (Å²) < 4.78 is 27.1. The molecule has 5 nitrogen and oxygen atoms in total. The summed E-state index contributed by atoms with van der Waals surface area (Å²) >= 11 is 0. The predicted octanol–water partition coefficient (Wildman–Crippen LogP) is 4.43. The molecule has 0 amide bonds. The lowest BCUT2D eigenvalue weighted by Crippen LogP contribution is -2.16. The monoisotopic (exact) mass is 404 g/mol. The highest BCUT2D eigenvalue weighted by Crippen LogP contribution is 2.30. The summed E-state index contributed by atoms with van der Waals surface area (Å²) in [6, 6.07) is 13.6. The van der Waals surface area contributed by atoms with Crippen molar-refractivity contribution in [3.05, 3.63) is 82.2 Å². The lowest BCUT2D eigenvalue weighted by Gasteiger charge is -2.09. The number of methoxy groups -OCH3 is 1. The van der Waals surface area contributed by atoms with Gasteiger partial charge in [-0.2, -0.15) is 0 Å². The zero-order valence-corrected chi connectivity index (χ0v) is 16.6. The Labute approximate surface area is 172 Å². The van der Waals surface area contributed by atoms with E-state index >= 15 is 0 Å². The first-order chi connectivity index (χ1) is 14.6. The van der Waals surface area contributed by atoms with Crippen molar-refractivity contribution >= 4 is 11.0 Å². The van der Waals surface area contributed by atoms with Gasteiger partial charge in [-0.15, -0.1) is 0 Å². The Morgan fingerprint density at radius 3 is 2.83 bits per heavy atom. The van der Waals surface area contributed by atoms with Gasteiger partial charge in [0.05, 0.1) is 12.8 Å². The molecule has 0 bridgehead atoms. The number of hydrogen-bond acceptors (Lipinski definition) is 4. The molecule has 5 rings (SSSR count). The smallest absolute Gasteiger partial charge is 0.255 e. The normalized spacial score (nSPS) is 13.8. The van der Waals surface area contributed by atoms with Crippen molar-refractivity contribution in [3.63, 3.8) is 0 Å². The molecule has 2 aromatic carbocycles. The van der Waals surface area contributed by atoms with Gasteiger partial charge in [0.2, 0.25) is 0 Å². The van der Waals surface area contributed by atoms with Crippen LogP contribution in [0.3, 0.4) is 0 Å². The van der Waals surface area contributed by atoms with Crippen molar-refractivity contribution < 1.29 is 13.5 Å². The second-order valence-corrected chi connectivity index (χ2v) is 7.43. The molecule has 152 valence electrons. The largest absolute Gasteiger partial charge is 0.497 e. The van der Waals surface area contributed by atoms with Gasteiger partial charge in [-0.1, -0.05) is 0 Å². The number of furan rings is 1. The van der Waals surface area contributed by atoms with E-state index in [0.717, 1.165) is 42.7 Å². The Bertz CT molecular complexity index is 1310. The fraction of sp³-hybridized carbons (Fsp3) is 0.208. The number of aromatic nitrogens is 1. The van der Waals surface area contributed by atoms with Crippen molar-refractivity contribution in [2.45, 2.75) is 19.4 Å². The molecule has 0 atom stereocenters. The molecule has 1 aliphatic heterocycles. The Kier molecular flexibility index (Phi) is 4.64. The molecule has 0 radical (unpaired) electrons. The van der Waals surface area contributed by atoms with Crippen molar-refractivity contribution in [1.82, 2.24) is 9.88 Å². The van der Waals surface area contributed by atoms with Crippen LogP contribution in [0.15, 0.2) is 63.9 Å². The van der Waals surface area contributed by atoms with E-state index in [9.17, 15) is 9.18 Å². The number of hydrogen-bond donors (Lipinski definition) is 1. The zero-order chi connectivity index (χ0) is 20.7. The molecule has 3 heterocycles. The Hall–Kier alpha value is -3.38. The quantitative estimate of drug-likeness (QED) is 0.549. The summed E-state index contributed by atoms with van der Waals surface area (Å²) in [6.45, 7) is 1.78. The highest BCUT2D eigenvalue weighted by atomic mass is 19.1. The summed E-state index contributed by atoms with van der Waals surface area (Å²) in [4.78, 5) is 12.8. The van der Waals surface area contributed by atoms with Crippen molar-refractivity contribution in [2.24, 2.45) is 0 Å². The maximum Gasteiger partial charge on any atom is 0.255 e. The van der Waals surface area contributed by atoms with Gasteiger partial charge in [0.15, 0.2) is 0 Å². The van der Waals surface area contributed by atoms with E-state index in [0.29, 0.717) is 22.6 Å². The Balaban J connectivity index is 1.53. The van der Waals surface area contributed by atoms with Crippen LogP contribution in [0, 0.1) is 5.82 Å². The van der Waals surface area contributed by atoms with E-state index < -0.39 is 5.82 Å². The minimum atomic E-state index is -0.432. The summed E-state index contributed by atoms with van der Waals surface area (Å²) in [7, 11) is 1.49. The van der Waals surface area contributed by atoms with Crippen molar-refractivity contribution in [1.29, 1.82) is 0 Å². The predicted molar refractivity (Wildman–Crippen MR) is 114 cm³/mol. The van der Waals surface area contributed by atoms with Gasteiger partial charge in [-0.3, -0.25) is 9.36 Å². The summed E-state index contributed by atoms with van der Waals surface area (Å²) in [6.07, 6.45) is 3.62. The van der Waals surface area contributed by atoms with Gasteiger partial charge in [0.1, 0.15) is 22.9 Å². The zero-order valence-electron chi connectivity index (χ0n) is 16.6. The summed E-state index contributed by atoms with van der Waals surface area (Å²) in [5.41, 5.74) is 3.33. The fourth-order valence-electron chi connectivity index (χ4n) is 4.04. The number of nitrogens with one attached hydrogen (secondary N) is 1. The fourth-order valence-corrected chi connectivity index (χ4v) is 4.04. The van der Waals surface area contributed by atoms with Crippen LogP contribution in [0.5, 0.6) is 5.75 Å². The standard InChI is InChI=1S/C24H21FN2O3/c1-29-17-5-7-18(21(25)13-17)15-8-10-27(24(28)11-15)16-4-6-19-20-14-26-9-2-3-22(20)30-23(19)12-16/h4-8,10-13,26H,2-3,9,14H2,1H3. The van der Waals surface area contributed by atoms with Crippen LogP contribution in [0.2, 0.25) is 0 Å². The first-order valence-electron chi connectivity index (χ1n) is 9.96. The molecule has 4 aromatic rings. The average Bonchev–Trinajstić information content (AvgIpc) is 2.93. The van der Waals surface area contributed by atoms with E-state index in [-0.39, 0.29) is 5.56 Å². The van der Waals surface area contributed by atoms with Gasteiger partial charge in [-0.25, -0.2) is 4.39 Å². The van der Waals surface area contributed by atoms with Gasteiger partial charge >= 0.3 is 0 Å². The third-order valence-corrected chi connectivity index (χ3v) is 5.60. The molecule has 0 spiro atoms. The molecule has 0 aliphatic carbocycles. The van der Waals surface area contributed by atoms with E-state index in [2.05, 4.69) is 5.32 Å². The number of ether oxygens (including phenoxy) is 1. The third kappa shape index (κ3) is 3.19. The lowest BCUT2D eigenvalue weighted by molar-refractivity contribution is 0.411. The van der Waals surface area contributed by atoms with Gasteiger partial charge in [0, 0.05) is 53.9 Å². The molecule has 0 saturated carbocycles. The second-order valence-electron chi connectivity index (χ2n) is 7.43. The highest BCUT2D eigenvalue weighted by Gasteiger charge is 2.17. The van der Waals surface area contributed by atoms with Crippen molar-refractivity contribution in [2.75, 3.05) is 13.7 Å². The highest BCUT2D eigenvalue weighted by molar-refractivity contribution is 5.84. The van der Waals surface area contributed by atoms with Crippen LogP contribution >= 0.6 is 0 Å². The van der Waals surface area contributed by atoms with Crippen LogP contribution in [-0.4, -0.2) is 18.2 Å². The number of pyridine rings is 1. The molecular formula is C24H21FN2O3. The summed E-state index contributed by atoms with van der Waals surface area (Å²) in [5, 5.41) is 4.49. The minimum absolute atomic E-state index is 0.239. The number of benzene rings is 2. The molecule has 0 saturated heterocycles. The third-order valence-electron chi connectivity index (χ3n) is 5.60. The van der Waals surface area contributed by atoms with E-state index in [1.165, 1.54) is 29.4 Å². The van der Waals surface area contributed by atoms with Crippen LogP contribution in [0.4, 0.5) is 4.39 Å². The molecular weight excluding hydrogens is 383 g/mol. The first kappa shape index (κ1) is 18.6.